The number of aromatic nitrogens is 4. The van der Waals surface area contributed by atoms with E-state index in [0.29, 0.717) is 22.8 Å². The maximum absolute atomic E-state index is 11.7. The minimum Gasteiger partial charge on any atom is -0.506 e. The summed E-state index contributed by atoms with van der Waals surface area (Å²) in [7, 11) is -9.12. The molecule has 0 amide bonds. The van der Waals surface area contributed by atoms with Gasteiger partial charge in [0.1, 0.15) is 32.7 Å². The van der Waals surface area contributed by atoms with Crippen molar-refractivity contribution in [3.8, 4) is 34.6 Å². The summed E-state index contributed by atoms with van der Waals surface area (Å²) in [6, 6.07) is 32.2. The van der Waals surface area contributed by atoms with Crippen molar-refractivity contribution in [3.63, 3.8) is 0 Å². The van der Waals surface area contributed by atoms with Crippen LogP contribution < -0.4 is 0 Å². The van der Waals surface area contributed by atoms with Crippen LogP contribution in [0.1, 0.15) is 11.4 Å². The van der Waals surface area contributed by atoms with Gasteiger partial charge in [-0.1, -0.05) is 84.9 Å². The molecule has 8 aromatic rings. The molecule has 0 saturated heterocycles. The largest absolute Gasteiger partial charge is 0.506 e. The maximum Gasteiger partial charge on any atom is 0.295 e. The van der Waals surface area contributed by atoms with Gasteiger partial charge in [0, 0.05) is 51.0 Å². The first-order chi connectivity index (χ1) is 28.5. The van der Waals surface area contributed by atoms with Crippen molar-refractivity contribution >= 4 is 64.5 Å². The molecule has 0 bridgehead atoms. The SMILES string of the molecule is Cc1nn(-c2ccccc2)c(O)c1N=Nc1c(O)cc(S(=O)(=O)O)c2ccccc12.Cc1nn(-c2ccccc2)c(O)c1N=Nc1c(O)cc(S(=O)(=O)O)c2ccccc12.[Cr]. The van der Waals surface area contributed by atoms with Crippen LogP contribution in [0.2, 0.25) is 0 Å². The van der Waals surface area contributed by atoms with Crippen LogP contribution >= 0.6 is 0 Å². The monoisotopic (exact) mass is 900 g/mol. The maximum atomic E-state index is 11.7. The second-order valence-electron chi connectivity index (χ2n) is 12.9. The third kappa shape index (κ3) is 8.83. The van der Waals surface area contributed by atoms with E-state index in [1.165, 1.54) is 33.6 Å². The van der Waals surface area contributed by atoms with Crippen molar-refractivity contribution in [2.45, 2.75) is 23.6 Å². The van der Waals surface area contributed by atoms with Crippen LogP contribution in [-0.4, -0.2) is 65.9 Å². The number of aryl methyl sites for hydroxylation is 2. The van der Waals surface area contributed by atoms with Crippen LogP contribution in [0.4, 0.5) is 22.7 Å². The topological polar surface area (TPSA) is 275 Å². The normalized spacial score (nSPS) is 11.9. The Balaban J connectivity index is 0.000000201. The Morgan fingerprint density at radius 2 is 0.754 bits per heavy atom. The van der Waals surface area contributed by atoms with Gasteiger partial charge in [-0.05, 0) is 38.1 Å². The predicted octanol–water partition coefficient (Wildman–Crippen LogP) is 8.81. The fourth-order valence-electron chi connectivity index (χ4n) is 6.21. The number of benzene rings is 6. The number of hydrogen-bond acceptors (Lipinski definition) is 14. The van der Waals surface area contributed by atoms with Crippen LogP contribution in [0, 0.1) is 13.8 Å². The quantitative estimate of drug-likeness (QED) is 0.0616. The molecule has 0 unspecified atom stereocenters. The van der Waals surface area contributed by atoms with E-state index in [9.17, 15) is 46.4 Å². The van der Waals surface area contributed by atoms with Crippen LogP contribution in [-0.2, 0) is 37.6 Å². The number of nitrogens with zero attached hydrogens (tertiary/aromatic N) is 8. The van der Waals surface area contributed by atoms with Crippen molar-refractivity contribution < 1.29 is 63.7 Å². The molecule has 310 valence electrons. The molecule has 0 atom stereocenters. The summed E-state index contributed by atoms with van der Waals surface area (Å²) in [5, 5.41) is 67.3. The summed E-state index contributed by atoms with van der Waals surface area (Å²) in [5.41, 5.74) is 2.24. The number of hydrogen-bond donors (Lipinski definition) is 6. The Morgan fingerprint density at radius 1 is 0.459 bits per heavy atom. The van der Waals surface area contributed by atoms with Gasteiger partial charge in [0.15, 0.2) is 11.4 Å². The van der Waals surface area contributed by atoms with Crippen molar-refractivity contribution in [2.75, 3.05) is 0 Å². The Bertz CT molecular complexity index is 3020. The molecule has 2 aromatic heterocycles. The summed E-state index contributed by atoms with van der Waals surface area (Å²) < 4.78 is 68.2. The average Bonchev–Trinajstić information content (AvgIpc) is 3.68. The van der Waals surface area contributed by atoms with Gasteiger partial charge in [0.05, 0.1) is 22.8 Å². The summed E-state index contributed by atoms with van der Waals surface area (Å²) in [6.07, 6.45) is 0. The molecule has 2 heterocycles. The molecule has 6 N–H and O–H groups in total. The predicted molar refractivity (Wildman–Crippen MR) is 219 cm³/mol. The van der Waals surface area contributed by atoms with E-state index in [4.69, 9.17) is 0 Å². The zero-order chi connectivity index (χ0) is 42.9. The molecule has 0 aliphatic heterocycles. The molecular formula is C40H32CrN8O10S2. The number of para-hydroxylation sites is 2. The minimum atomic E-state index is -4.56. The van der Waals surface area contributed by atoms with E-state index < -0.39 is 41.5 Å². The van der Waals surface area contributed by atoms with Crippen LogP contribution in [0.3, 0.4) is 0 Å². The average molecular weight is 901 g/mol. The Labute approximate surface area is 357 Å². The molecule has 8 rings (SSSR count). The first-order valence-electron chi connectivity index (χ1n) is 17.5. The molecule has 0 spiro atoms. The van der Waals surface area contributed by atoms with E-state index in [1.54, 1.807) is 86.6 Å². The number of azo groups is 2. The Kier molecular flexibility index (Phi) is 12.4. The van der Waals surface area contributed by atoms with Crippen molar-refractivity contribution in [2.24, 2.45) is 20.5 Å². The first-order valence-corrected chi connectivity index (χ1v) is 20.4. The molecule has 6 aromatic carbocycles. The standard InChI is InChI=1S/2C20H16N4O5S.Cr/c2*1-12-18(20(26)24(23-12)13-7-3-2-4-8-13)21-22-19-15-10-6-5-9-14(15)17(11-16(19)25)30(27,28)29;/h2*2-11,25-26H,1H3,(H,27,28,29);. The Morgan fingerprint density at radius 3 is 1.08 bits per heavy atom. The molecule has 0 aliphatic rings. The van der Waals surface area contributed by atoms with Crippen molar-refractivity contribution in [1.82, 2.24) is 19.6 Å². The van der Waals surface area contributed by atoms with Gasteiger partial charge in [-0.15, -0.1) is 20.5 Å². The van der Waals surface area contributed by atoms with Gasteiger partial charge in [-0.25, -0.2) is 0 Å². The zero-order valence-electron chi connectivity index (χ0n) is 31.7. The van der Waals surface area contributed by atoms with E-state index in [0.717, 1.165) is 12.1 Å². The van der Waals surface area contributed by atoms with Gasteiger partial charge in [-0.2, -0.15) is 36.4 Å². The van der Waals surface area contributed by atoms with Gasteiger partial charge < -0.3 is 20.4 Å². The van der Waals surface area contributed by atoms with Crippen molar-refractivity contribution in [3.05, 3.63) is 133 Å². The molecule has 18 nitrogen and oxygen atoms in total. The summed E-state index contributed by atoms with van der Waals surface area (Å²) in [6.45, 7) is 3.29. The van der Waals surface area contributed by atoms with E-state index in [-0.39, 0.29) is 73.4 Å². The molecular weight excluding hydrogens is 869 g/mol. The fraction of sp³-hybridized carbons (Fsp3) is 0.0500. The number of phenolic OH excluding ortho intramolecular Hbond substituents is 2. The number of phenols is 2. The molecule has 21 heteroatoms. The van der Waals surface area contributed by atoms with E-state index in [1.807, 2.05) is 12.1 Å². The van der Waals surface area contributed by atoms with Gasteiger partial charge >= 0.3 is 0 Å². The third-order valence-corrected chi connectivity index (χ3v) is 10.8. The fourth-order valence-corrected chi connectivity index (χ4v) is 7.64. The summed E-state index contributed by atoms with van der Waals surface area (Å²) in [5.74, 6) is -1.45. The number of rotatable bonds is 8. The van der Waals surface area contributed by atoms with E-state index >= 15 is 0 Å². The van der Waals surface area contributed by atoms with Gasteiger partial charge in [-0.3, -0.25) is 9.11 Å². The molecule has 0 saturated carbocycles. The number of aromatic hydroxyl groups is 4. The molecule has 0 aliphatic carbocycles. The van der Waals surface area contributed by atoms with Gasteiger partial charge in [0.2, 0.25) is 11.8 Å². The minimum absolute atomic E-state index is 0. The van der Waals surface area contributed by atoms with Crippen LogP contribution in [0.15, 0.2) is 152 Å². The van der Waals surface area contributed by atoms with E-state index in [2.05, 4.69) is 30.7 Å². The first kappa shape index (κ1) is 43.6. The molecule has 0 radical (unpaired) electrons. The third-order valence-electron chi connectivity index (χ3n) is 8.98. The van der Waals surface area contributed by atoms with Gasteiger partial charge in [0.25, 0.3) is 20.2 Å². The van der Waals surface area contributed by atoms with Crippen molar-refractivity contribution in [1.29, 1.82) is 0 Å². The molecule has 61 heavy (non-hydrogen) atoms. The summed E-state index contributed by atoms with van der Waals surface area (Å²) >= 11 is 0. The number of fused-ring (bicyclic) bond motifs is 2. The van der Waals surface area contributed by atoms with Crippen LogP contribution in [0.25, 0.3) is 32.9 Å². The Hall–Kier alpha value is -6.99. The second-order valence-corrected chi connectivity index (χ2v) is 15.7. The molecule has 0 fully saturated rings. The second kappa shape index (κ2) is 17.3. The van der Waals surface area contributed by atoms with Crippen LogP contribution in [0.5, 0.6) is 23.3 Å². The zero-order valence-corrected chi connectivity index (χ0v) is 34.6. The summed E-state index contributed by atoms with van der Waals surface area (Å²) in [4.78, 5) is -0.879. The smallest absolute Gasteiger partial charge is 0.295 e.